The van der Waals surface area contributed by atoms with Gasteiger partial charge in [0.25, 0.3) is 0 Å². The van der Waals surface area contributed by atoms with Crippen LogP contribution in [0.1, 0.15) is 53.9 Å². The van der Waals surface area contributed by atoms with Gasteiger partial charge in [0.2, 0.25) is 0 Å². The van der Waals surface area contributed by atoms with Crippen molar-refractivity contribution in [1.82, 2.24) is 0 Å². The fraction of sp³-hybridized carbons (Fsp3) is 0.750. The molecule has 0 aliphatic rings. The first kappa shape index (κ1) is 15.0. The Kier molecular flexibility index (Phi) is 6.11. The maximum Gasteiger partial charge on any atom is 0.335 e. The summed E-state index contributed by atoms with van der Waals surface area (Å²) in [5, 5.41) is 9.01. The average Bonchev–Trinajstić information content (AvgIpc) is 2.13. The number of rotatable bonds is 6. The summed E-state index contributed by atoms with van der Waals surface area (Å²) in [6.07, 6.45) is 1.82. The molecule has 0 spiro atoms. The summed E-state index contributed by atoms with van der Waals surface area (Å²) >= 11 is 0. The van der Waals surface area contributed by atoms with E-state index >= 15 is 0 Å². The van der Waals surface area contributed by atoms with Gasteiger partial charge in [-0.1, -0.05) is 13.8 Å². The minimum atomic E-state index is -0.941. The predicted molar refractivity (Wildman–Crippen MR) is 61.8 cm³/mol. The Balaban J connectivity index is 4.76. The van der Waals surface area contributed by atoms with Crippen LogP contribution in [0.25, 0.3) is 0 Å². The highest BCUT2D eigenvalue weighted by Crippen LogP contribution is 2.19. The van der Waals surface area contributed by atoms with Crippen LogP contribution in [0.5, 0.6) is 0 Å². The first-order valence-corrected chi connectivity index (χ1v) is 5.62. The largest absolute Gasteiger partial charge is 0.478 e. The topological polar surface area (TPSA) is 55.8 Å². The van der Waals surface area contributed by atoms with E-state index in [2.05, 4.69) is 0 Å². The second-order valence-corrected chi connectivity index (χ2v) is 4.59. The van der Waals surface area contributed by atoms with Crippen molar-refractivity contribution in [3.63, 3.8) is 0 Å². The van der Waals surface area contributed by atoms with E-state index in [0.29, 0.717) is 18.6 Å². The Morgan fingerprint density at radius 3 is 2.12 bits per heavy atom. The number of hydrogen-bond acceptors (Lipinski definition) is 3. The molecule has 0 unspecified atom stereocenters. The molecule has 0 aromatic rings. The van der Waals surface area contributed by atoms with Crippen molar-refractivity contribution in [2.24, 2.45) is 0 Å². The lowest BCUT2D eigenvalue weighted by Crippen LogP contribution is -2.20. The van der Waals surface area contributed by atoms with Crippen molar-refractivity contribution in [2.75, 3.05) is 0 Å². The summed E-state index contributed by atoms with van der Waals surface area (Å²) in [5.74, 6) is -0.518. The van der Waals surface area contributed by atoms with Gasteiger partial charge < -0.3 is 9.99 Å². The fourth-order valence-electron chi connectivity index (χ4n) is 1.11. The average molecular weight is 230 g/mol. The zero-order chi connectivity index (χ0) is 12.8. The lowest BCUT2D eigenvalue weighted by molar-refractivity contribution is -0.323. The Hall–Kier alpha value is -1.03. The van der Waals surface area contributed by atoms with Gasteiger partial charge in [-0.15, -0.1) is 0 Å². The van der Waals surface area contributed by atoms with Gasteiger partial charge in [0.1, 0.15) is 5.60 Å². The summed E-state index contributed by atoms with van der Waals surface area (Å²) in [7, 11) is 0. The summed E-state index contributed by atoms with van der Waals surface area (Å²) in [5.41, 5.74) is -0.165. The molecular formula is C12H22O4. The number of carboxylic acid groups (broad SMARTS) is 1. The molecule has 0 rings (SSSR count). The van der Waals surface area contributed by atoms with Gasteiger partial charge in [0, 0.05) is 6.42 Å². The molecule has 4 nitrogen and oxygen atoms in total. The van der Waals surface area contributed by atoms with Gasteiger partial charge in [0.05, 0.1) is 5.57 Å². The van der Waals surface area contributed by atoms with Gasteiger partial charge in [0.15, 0.2) is 5.76 Å². The molecule has 0 saturated carbocycles. The van der Waals surface area contributed by atoms with Crippen LogP contribution in [0.4, 0.5) is 0 Å². The van der Waals surface area contributed by atoms with Gasteiger partial charge in [-0.2, -0.15) is 4.89 Å². The van der Waals surface area contributed by atoms with Crippen molar-refractivity contribution in [2.45, 2.75) is 59.5 Å². The van der Waals surface area contributed by atoms with E-state index in [-0.39, 0.29) is 5.57 Å². The second kappa shape index (κ2) is 6.53. The number of aliphatic carboxylic acids is 1. The number of carbonyl (C=O) groups is 1. The zero-order valence-electron chi connectivity index (χ0n) is 10.8. The van der Waals surface area contributed by atoms with Crippen molar-refractivity contribution < 1.29 is 19.7 Å². The SMILES string of the molecule is CCCC(OOC(C)(C)C)=C(CC)C(=O)O. The van der Waals surface area contributed by atoms with Gasteiger partial charge in [-0.25, -0.2) is 4.79 Å². The molecule has 0 aliphatic heterocycles. The van der Waals surface area contributed by atoms with Crippen molar-refractivity contribution in [3.8, 4) is 0 Å². The van der Waals surface area contributed by atoms with E-state index < -0.39 is 11.6 Å². The van der Waals surface area contributed by atoms with E-state index in [1.165, 1.54) is 0 Å². The zero-order valence-corrected chi connectivity index (χ0v) is 10.8. The Labute approximate surface area is 97.2 Å². The normalized spacial score (nSPS) is 13.3. The highest BCUT2D eigenvalue weighted by atomic mass is 17.2. The van der Waals surface area contributed by atoms with Crippen molar-refractivity contribution in [1.29, 1.82) is 0 Å². The lowest BCUT2D eigenvalue weighted by Gasteiger charge is -2.20. The smallest absolute Gasteiger partial charge is 0.335 e. The molecule has 0 heterocycles. The van der Waals surface area contributed by atoms with Crippen molar-refractivity contribution in [3.05, 3.63) is 11.3 Å². The summed E-state index contributed by atoms with van der Waals surface area (Å²) in [6.45, 7) is 9.31. The first-order valence-electron chi connectivity index (χ1n) is 5.62. The molecule has 16 heavy (non-hydrogen) atoms. The Morgan fingerprint density at radius 1 is 1.25 bits per heavy atom. The van der Waals surface area contributed by atoms with Crippen LogP contribution in [0.15, 0.2) is 11.3 Å². The third-order valence-electron chi connectivity index (χ3n) is 1.82. The molecule has 0 saturated heterocycles. The number of allylic oxidation sites excluding steroid dienone is 1. The third kappa shape index (κ3) is 5.75. The molecule has 94 valence electrons. The highest BCUT2D eigenvalue weighted by molar-refractivity contribution is 5.87. The van der Waals surface area contributed by atoms with Crippen LogP contribution in [-0.2, 0) is 14.6 Å². The number of hydrogen-bond donors (Lipinski definition) is 1. The van der Waals surface area contributed by atoms with E-state index in [1.807, 2.05) is 27.7 Å². The molecule has 0 amide bonds. The molecule has 0 aliphatic carbocycles. The third-order valence-corrected chi connectivity index (χ3v) is 1.82. The maximum absolute atomic E-state index is 11.0. The predicted octanol–water partition coefficient (Wildman–Crippen LogP) is 3.28. The summed E-state index contributed by atoms with van der Waals surface area (Å²) < 4.78 is 0. The minimum Gasteiger partial charge on any atom is -0.478 e. The molecule has 0 atom stereocenters. The van der Waals surface area contributed by atoms with Crippen molar-refractivity contribution >= 4 is 5.97 Å². The Morgan fingerprint density at radius 2 is 1.81 bits per heavy atom. The van der Waals surface area contributed by atoms with Crippen LogP contribution < -0.4 is 0 Å². The molecule has 0 bridgehead atoms. The summed E-state index contributed by atoms with van der Waals surface area (Å²) in [4.78, 5) is 21.3. The lowest BCUT2D eigenvalue weighted by atomic mass is 10.1. The quantitative estimate of drug-likeness (QED) is 0.329. The van der Waals surface area contributed by atoms with Gasteiger partial charge in [-0.05, 0) is 33.6 Å². The standard InChI is InChI=1S/C12H22O4/c1-6-8-10(9(7-2)11(13)14)15-16-12(3,4)5/h6-8H2,1-5H3,(H,13,14). The van der Waals surface area contributed by atoms with Crippen LogP contribution in [-0.4, -0.2) is 16.7 Å². The fourth-order valence-corrected chi connectivity index (χ4v) is 1.11. The van der Waals surface area contributed by atoms with E-state index in [4.69, 9.17) is 14.9 Å². The monoisotopic (exact) mass is 230 g/mol. The van der Waals surface area contributed by atoms with E-state index in [1.54, 1.807) is 6.92 Å². The molecule has 0 aromatic carbocycles. The van der Waals surface area contributed by atoms with E-state index in [0.717, 1.165) is 6.42 Å². The maximum atomic E-state index is 11.0. The molecule has 1 N–H and O–H groups in total. The highest BCUT2D eigenvalue weighted by Gasteiger charge is 2.18. The van der Waals surface area contributed by atoms with Crippen LogP contribution in [0, 0.1) is 0 Å². The minimum absolute atomic E-state index is 0.283. The first-order chi connectivity index (χ1) is 7.31. The van der Waals surface area contributed by atoms with Crippen LogP contribution in [0.3, 0.4) is 0 Å². The van der Waals surface area contributed by atoms with Crippen LogP contribution >= 0.6 is 0 Å². The molecule has 0 aromatic heterocycles. The molecule has 4 heteroatoms. The molecule has 0 fully saturated rings. The Bertz CT molecular complexity index is 261. The van der Waals surface area contributed by atoms with Gasteiger partial charge in [-0.3, -0.25) is 0 Å². The van der Waals surface area contributed by atoms with Crippen LogP contribution in [0.2, 0.25) is 0 Å². The molecular weight excluding hydrogens is 208 g/mol. The van der Waals surface area contributed by atoms with E-state index in [9.17, 15) is 4.79 Å². The second-order valence-electron chi connectivity index (χ2n) is 4.59. The van der Waals surface area contributed by atoms with Gasteiger partial charge >= 0.3 is 5.97 Å². The summed E-state index contributed by atoms with van der Waals surface area (Å²) in [6, 6.07) is 0. The molecule has 0 radical (unpaired) electrons. The number of carboxylic acids is 1.